The summed E-state index contributed by atoms with van der Waals surface area (Å²) in [5.41, 5.74) is 2.16. The van der Waals surface area contributed by atoms with E-state index in [4.69, 9.17) is 11.6 Å². The van der Waals surface area contributed by atoms with Crippen molar-refractivity contribution in [3.05, 3.63) is 44.9 Å². The SMILES string of the molecule is Cc1ccc(CNc2cnc(Cl)cc2C)s1. The van der Waals surface area contributed by atoms with Crippen LogP contribution in [0, 0.1) is 13.8 Å². The molecule has 0 bridgehead atoms. The fourth-order valence-corrected chi connectivity index (χ4v) is 2.51. The van der Waals surface area contributed by atoms with E-state index in [-0.39, 0.29) is 0 Å². The molecule has 4 heteroatoms. The zero-order chi connectivity index (χ0) is 11.5. The molecule has 2 aromatic rings. The zero-order valence-corrected chi connectivity index (χ0v) is 10.8. The Kier molecular flexibility index (Phi) is 3.46. The van der Waals surface area contributed by atoms with Crippen LogP contribution in [0.3, 0.4) is 0 Å². The highest BCUT2D eigenvalue weighted by atomic mass is 35.5. The molecule has 0 aromatic carbocycles. The predicted octanol–water partition coefficient (Wildman–Crippen LogP) is 4.03. The number of nitrogens with one attached hydrogen (secondary N) is 1. The van der Waals surface area contributed by atoms with Crippen molar-refractivity contribution in [3.63, 3.8) is 0 Å². The molecular formula is C12H13ClN2S. The topological polar surface area (TPSA) is 24.9 Å². The van der Waals surface area contributed by atoms with Crippen molar-refractivity contribution >= 4 is 28.6 Å². The Morgan fingerprint density at radius 2 is 2.19 bits per heavy atom. The van der Waals surface area contributed by atoms with Crippen molar-refractivity contribution in [3.8, 4) is 0 Å². The molecule has 0 aliphatic carbocycles. The number of pyridine rings is 1. The van der Waals surface area contributed by atoms with Gasteiger partial charge >= 0.3 is 0 Å². The molecule has 2 nitrogen and oxygen atoms in total. The van der Waals surface area contributed by atoms with Crippen LogP contribution in [0.2, 0.25) is 5.15 Å². The third-order valence-electron chi connectivity index (χ3n) is 2.33. The van der Waals surface area contributed by atoms with Crippen LogP contribution in [0.5, 0.6) is 0 Å². The van der Waals surface area contributed by atoms with Crippen LogP contribution in [-0.4, -0.2) is 4.98 Å². The first kappa shape index (κ1) is 11.4. The summed E-state index contributed by atoms with van der Waals surface area (Å²) in [5.74, 6) is 0. The van der Waals surface area contributed by atoms with Crippen molar-refractivity contribution in [2.24, 2.45) is 0 Å². The third kappa shape index (κ3) is 2.74. The fourth-order valence-electron chi connectivity index (χ4n) is 1.47. The van der Waals surface area contributed by atoms with Gasteiger partial charge in [-0.2, -0.15) is 0 Å². The maximum atomic E-state index is 5.80. The smallest absolute Gasteiger partial charge is 0.129 e. The van der Waals surface area contributed by atoms with Gasteiger partial charge in [0.15, 0.2) is 0 Å². The van der Waals surface area contributed by atoms with Crippen LogP contribution in [0.4, 0.5) is 5.69 Å². The molecule has 2 heterocycles. The average Bonchev–Trinajstić information content (AvgIpc) is 2.63. The normalized spacial score (nSPS) is 10.4. The van der Waals surface area contributed by atoms with E-state index in [1.165, 1.54) is 9.75 Å². The third-order valence-corrected chi connectivity index (χ3v) is 3.53. The lowest BCUT2D eigenvalue weighted by Crippen LogP contribution is -1.99. The van der Waals surface area contributed by atoms with Crippen LogP contribution in [0.25, 0.3) is 0 Å². The summed E-state index contributed by atoms with van der Waals surface area (Å²) in [4.78, 5) is 6.73. The van der Waals surface area contributed by atoms with Crippen molar-refractivity contribution in [2.45, 2.75) is 20.4 Å². The standard InChI is InChI=1S/C12H13ClN2S/c1-8-5-12(13)15-7-11(8)14-6-10-4-3-9(2)16-10/h3-5,7,14H,6H2,1-2H3. The Morgan fingerprint density at radius 1 is 1.38 bits per heavy atom. The quantitative estimate of drug-likeness (QED) is 0.835. The Morgan fingerprint density at radius 3 is 2.81 bits per heavy atom. The number of rotatable bonds is 3. The summed E-state index contributed by atoms with van der Waals surface area (Å²) in [6, 6.07) is 6.14. The van der Waals surface area contributed by atoms with Gasteiger partial charge in [0.05, 0.1) is 11.9 Å². The van der Waals surface area contributed by atoms with Gasteiger partial charge in [-0.3, -0.25) is 0 Å². The van der Waals surface area contributed by atoms with E-state index in [2.05, 4.69) is 29.4 Å². The average molecular weight is 253 g/mol. The number of aromatic nitrogens is 1. The second-order valence-electron chi connectivity index (χ2n) is 3.69. The van der Waals surface area contributed by atoms with Gasteiger partial charge in [0, 0.05) is 16.3 Å². The molecule has 2 aromatic heterocycles. The first-order chi connectivity index (χ1) is 7.65. The largest absolute Gasteiger partial charge is 0.379 e. The number of hydrogen-bond acceptors (Lipinski definition) is 3. The van der Waals surface area contributed by atoms with Gasteiger partial charge in [-0.15, -0.1) is 11.3 Å². The fraction of sp³-hybridized carbons (Fsp3) is 0.250. The van der Waals surface area contributed by atoms with Crippen LogP contribution in [0.15, 0.2) is 24.4 Å². The van der Waals surface area contributed by atoms with E-state index >= 15 is 0 Å². The number of hydrogen-bond donors (Lipinski definition) is 1. The molecule has 0 unspecified atom stereocenters. The summed E-state index contributed by atoms with van der Waals surface area (Å²) in [6.07, 6.45) is 1.78. The highest BCUT2D eigenvalue weighted by Gasteiger charge is 2.01. The molecule has 0 aliphatic heterocycles. The minimum Gasteiger partial charge on any atom is -0.379 e. The summed E-state index contributed by atoms with van der Waals surface area (Å²) in [5, 5.41) is 3.90. The molecule has 0 fully saturated rings. The number of nitrogens with zero attached hydrogens (tertiary/aromatic N) is 1. The van der Waals surface area contributed by atoms with Crippen molar-refractivity contribution < 1.29 is 0 Å². The Hall–Kier alpha value is -1.06. The zero-order valence-electron chi connectivity index (χ0n) is 9.25. The van der Waals surface area contributed by atoms with E-state index in [1.807, 2.05) is 24.3 Å². The van der Waals surface area contributed by atoms with Gasteiger partial charge < -0.3 is 5.32 Å². The van der Waals surface area contributed by atoms with Crippen molar-refractivity contribution in [2.75, 3.05) is 5.32 Å². The van der Waals surface area contributed by atoms with Crippen LogP contribution in [0.1, 0.15) is 15.3 Å². The van der Waals surface area contributed by atoms with E-state index < -0.39 is 0 Å². The second kappa shape index (κ2) is 4.85. The summed E-state index contributed by atoms with van der Waals surface area (Å²) in [6.45, 7) is 4.97. The first-order valence-electron chi connectivity index (χ1n) is 5.06. The first-order valence-corrected chi connectivity index (χ1v) is 6.26. The Labute approximate surface area is 104 Å². The van der Waals surface area contributed by atoms with Gasteiger partial charge in [0.1, 0.15) is 5.15 Å². The Balaban J connectivity index is 2.04. The highest BCUT2D eigenvalue weighted by molar-refractivity contribution is 7.11. The maximum absolute atomic E-state index is 5.80. The van der Waals surface area contributed by atoms with Gasteiger partial charge in [-0.1, -0.05) is 11.6 Å². The van der Waals surface area contributed by atoms with E-state index in [0.717, 1.165) is 17.8 Å². The number of aryl methyl sites for hydroxylation is 2. The highest BCUT2D eigenvalue weighted by Crippen LogP contribution is 2.20. The lowest BCUT2D eigenvalue weighted by molar-refractivity contribution is 1.16. The molecule has 84 valence electrons. The van der Waals surface area contributed by atoms with Gasteiger partial charge in [0.2, 0.25) is 0 Å². The molecule has 16 heavy (non-hydrogen) atoms. The molecule has 0 saturated heterocycles. The molecule has 0 amide bonds. The van der Waals surface area contributed by atoms with Crippen LogP contribution >= 0.6 is 22.9 Å². The van der Waals surface area contributed by atoms with Crippen LogP contribution in [-0.2, 0) is 6.54 Å². The Bertz CT molecular complexity index is 494. The predicted molar refractivity (Wildman–Crippen MR) is 70.4 cm³/mol. The number of halogens is 1. The van der Waals surface area contributed by atoms with E-state index in [0.29, 0.717) is 5.15 Å². The lowest BCUT2D eigenvalue weighted by Gasteiger charge is -2.07. The van der Waals surface area contributed by atoms with Gasteiger partial charge in [-0.05, 0) is 37.6 Å². The van der Waals surface area contributed by atoms with Gasteiger partial charge in [-0.25, -0.2) is 4.98 Å². The van der Waals surface area contributed by atoms with Gasteiger partial charge in [0.25, 0.3) is 0 Å². The number of anilines is 1. The molecule has 2 rings (SSSR count). The molecule has 0 spiro atoms. The molecule has 0 radical (unpaired) electrons. The minimum atomic E-state index is 0.537. The van der Waals surface area contributed by atoms with Crippen molar-refractivity contribution in [1.82, 2.24) is 4.98 Å². The molecule has 0 saturated carbocycles. The molecule has 1 N–H and O–H groups in total. The van der Waals surface area contributed by atoms with Crippen molar-refractivity contribution in [1.29, 1.82) is 0 Å². The summed E-state index contributed by atoms with van der Waals surface area (Å²) >= 11 is 7.61. The van der Waals surface area contributed by atoms with Crippen LogP contribution < -0.4 is 5.32 Å². The molecular weight excluding hydrogens is 240 g/mol. The molecule has 0 aliphatic rings. The monoisotopic (exact) mass is 252 g/mol. The summed E-state index contributed by atoms with van der Waals surface area (Å²) < 4.78 is 0. The lowest BCUT2D eigenvalue weighted by atomic mass is 10.2. The summed E-state index contributed by atoms with van der Waals surface area (Å²) in [7, 11) is 0. The second-order valence-corrected chi connectivity index (χ2v) is 5.45. The number of thiophene rings is 1. The minimum absolute atomic E-state index is 0.537. The maximum Gasteiger partial charge on any atom is 0.129 e. The van der Waals surface area contributed by atoms with E-state index in [1.54, 1.807) is 6.20 Å². The van der Waals surface area contributed by atoms with E-state index in [9.17, 15) is 0 Å². The molecule has 0 atom stereocenters.